The molecule has 0 heterocycles. The lowest BCUT2D eigenvalue weighted by Crippen LogP contribution is -2.02. The summed E-state index contributed by atoms with van der Waals surface area (Å²) >= 11 is 0. The van der Waals surface area contributed by atoms with E-state index < -0.39 is 11.5 Å². The van der Waals surface area contributed by atoms with Crippen molar-refractivity contribution in [2.45, 2.75) is 67.2 Å². The van der Waals surface area contributed by atoms with Crippen LogP contribution in [0, 0.1) is 27.7 Å². The molecule has 0 unspecified atom stereocenters. The first kappa shape index (κ1) is 37.3. The number of hydrogen-bond acceptors (Lipinski definition) is 10. The predicted octanol–water partition coefficient (Wildman–Crippen LogP) is 10.3. The van der Waals surface area contributed by atoms with Gasteiger partial charge in [-0.3, -0.25) is 10.9 Å². The highest BCUT2D eigenvalue weighted by atomic mass is 16.3. The third-order valence-electron chi connectivity index (χ3n) is 10.0. The van der Waals surface area contributed by atoms with Crippen LogP contribution in [0.15, 0.2) is 70.9 Å². The monoisotopic (exact) mass is 726 g/mol. The van der Waals surface area contributed by atoms with Crippen LogP contribution < -0.4 is 10.9 Å². The number of hydrogen-bond donors (Lipinski definition) is 8. The molecule has 10 nitrogen and oxygen atoms in total. The van der Waals surface area contributed by atoms with Crippen LogP contribution in [-0.2, 0) is 0 Å². The van der Waals surface area contributed by atoms with Crippen LogP contribution >= 0.6 is 0 Å². The molecule has 0 radical (unpaired) electrons. The zero-order chi connectivity index (χ0) is 39.2. The molecule has 0 saturated heterocycles. The van der Waals surface area contributed by atoms with E-state index in [2.05, 4.69) is 21.1 Å². The van der Waals surface area contributed by atoms with Gasteiger partial charge in [0.15, 0.2) is 23.0 Å². The maximum absolute atomic E-state index is 12.4. The molecule has 10 heteroatoms. The lowest BCUT2D eigenvalue weighted by atomic mass is 9.83. The number of aryl methyl sites for hydroxylation is 4. The van der Waals surface area contributed by atoms with Crippen molar-refractivity contribution in [1.29, 1.82) is 0 Å². The van der Waals surface area contributed by atoms with Gasteiger partial charge in [0, 0.05) is 33.0 Å². The van der Waals surface area contributed by atoms with Gasteiger partial charge in [0.05, 0.1) is 34.9 Å². The van der Waals surface area contributed by atoms with E-state index in [0.29, 0.717) is 33.0 Å². The van der Waals surface area contributed by atoms with Gasteiger partial charge in [-0.25, -0.2) is 0 Å². The Hall–Kier alpha value is -6.42. The minimum atomic E-state index is -0.451. The lowest BCUT2D eigenvalue weighted by Gasteiger charge is -2.23. The van der Waals surface area contributed by atoms with Gasteiger partial charge in [-0.05, 0) is 84.7 Å². The van der Waals surface area contributed by atoms with Crippen molar-refractivity contribution in [1.82, 2.24) is 0 Å². The number of para-hydroxylation sites is 2. The van der Waals surface area contributed by atoms with Crippen molar-refractivity contribution < 1.29 is 30.6 Å². The third-order valence-corrected chi connectivity index (χ3v) is 10.0. The average Bonchev–Trinajstić information content (AvgIpc) is 3.11. The number of benzene rings is 6. The van der Waals surface area contributed by atoms with Gasteiger partial charge in [-0.2, -0.15) is 10.2 Å². The second-order valence-electron chi connectivity index (χ2n) is 14.4. The van der Waals surface area contributed by atoms with Crippen LogP contribution in [-0.4, -0.2) is 43.1 Å². The van der Waals surface area contributed by atoms with Crippen LogP contribution in [0.3, 0.4) is 0 Å². The Morgan fingerprint density at radius 1 is 0.481 bits per heavy atom. The van der Waals surface area contributed by atoms with Gasteiger partial charge in [0.25, 0.3) is 0 Å². The summed E-state index contributed by atoms with van der Waals surface area (Å²) in [6, 6.07) is 18.7. The van der Waals surface area contributed by atoms with E-state index in [1.165, 1.54) is 12.4 Å². The molecule has 0 bridgehead atoms. The van der Waals surface area contributed by atoms with Crippen LogP contribution in [0.2, 0.25) is 0 Å². The maximum Gasteiger partial charge on any atom is 0.167 e. The molecule has 0 aliphatic heterocycles. The summed E-state index contributed by atoms with van der Waals surface area (Å²) in [5.74, 6) is -2.51. The van der Waals surface area contributed by atoms with Crippen LogP contribution in [0.5, 0.6) is 34.5 Å². The fourth-order valence-electron chi connectivity index (χ4n) is 7.35. The van der Waals surface area contributed by atoms with Crippen LogP contribution in [0.4, 0.5) is 11.4 Å². The number of hydrazone groups is 2. The van der Waals surface area contributed by atoms with Crippen molar-refractivity contribution in [3.8, 4) is 45.6 Å². The van der Waals surface area contributed by atoms with Crippen molar-refractivity contribution >= 4 is 45.3 Å². The molecular weight excluding hydrogens is 681 g/mol. The lowest BCUT2D eigenvalue weighted by molar-refractivity contribution is 0.398. The first-order chi connectivity index (χ1) is 25.6. The molecule has 8 N–H and O–H groups in total. The fraction of sp³-hybridized carbons (Fsp3) is 0.227. The number of phenols is 6. The summed E-state index contributed by atoms with van der Waals surface area (Å²) in [4.78, 5) is 0. The first-order valence-electron chi connectivity index (χ1n) is 17.8. The van der Waals surface area contributed by atoms with Gasteiger partial charge in [0.2, 0.25) is 0 Å². The third kappa shape index (κ3) is 6.33. The summed E-state index contributed by atoms with van der Waals surface area (Å²) in [5.41, 5.74) is 12.1. The van der Waals surface area contributed by atoms with Crippen LogP contribution in [0.25, 0.3) is 32.7 Å². The van der Waals surface area contributed by atoms with E-state index in [1.807, 2.05) is 102 Å². The van der Waals surface area contributed by atoms with Crippen molar-refractivity contribution in [3.63, 3.8) is 0 Å². The second-order valence-corrected chi connectivity index (χ2v) is 14.4. The van der Waals surface area contributed by atoms with E-state index >= 15 is 0 Å². The van der Waals surface area contributed by atoms with Gasteiger partial charge < -0.3 is 30.6 Å². The number of aromatic hydroxyl groups is 6. The first-order valence-corrected chi connectivity index (χ1v) is 17.8. The van der Waals surface area contributed by atoms with Gasteiger partial charge in [0.1, 0.15) is 11.5 Å². The predicted molar refractivity (Wildman–Crippen MR) is 219 cm³/mol. The zero-order valence-electron chi connectivity index (χ0n) is 31.7. The van der Waals surface area contributed by atoms with E-state index in [-0.39, 0.29) is 67.9 Å². The van der Waals surface area contributed by atoms with Gasteiger partial charge >= 0.3 is 0 Å². The Kier molecular flexibility index (Phi) is 10.1. The number of anilines is 2. The number of phenolic OH excluding ortho intramolecular Hbond substituents is 6. The molecule has 0 fully saturated rings. The van der Waals surface area contributed by atoms with Gasteiger partial charge in [-0.1, -0.05) is 76.2 Å². The SMILES string of the molecule is Cc1ccccc1N/N=C\c1c(O)c(O)c(C(C)C)c2cc(C)c(-c3c(C)cc4c(C(C)C)c(O)c(O)c(/C=N\Nc5ccccc5C)c4c3O)c(O)c12. The van der Waals surface area contributed by atoms with Crippen molar-refractivity contribution in [3.05, 3.63) is 105 Å². The van der Waals surface area contributed by atoms with Crippen molar-refractivity contribution in [2.75, 3.05) is 10.9 Å². The molecule has 0 aliphatic carbocycles. The maximum atomic E-state index is 12.4. The fourth-order valence-corrected chi connectivity index (χ4v) is 7.35. The van der Waals surface area contributed by atoms with E-state index in [0.717, 1.165) is 22.5 Å². The normalized spacial score (nSPS) is 12.0. The molecule has 6 aromatic rings. The Balaban J connectivity index is 1.65. The zero-order valence-corrected chi connectivity index (χ0v) is 31.7. The number of rotatable bonds is 9. The molecule has 278 valence electrons. The van der Waals surface area contributed by atoms with E-state index in [4.69, 9.17) is 0 Å². The topological polar surface area (TPSA) is 170 Å². The quantitative estimate of drug-likeness (QED) is 0.0413. The molecule has 54 heavy (non-hydrogen) atoms. The second kappa shape index (κ2) is 14.5. The smallest absolute Gasteiger partial charge is 0.167 e. The summed E-state index contributed by atoms with van der Waals surface area (Å²) in [6.07, 6.45) is 2.71. The molecule has 0 saturated carbocycles. The Morgan fingerprint density at radius 2 is 0.833 bits per heavy atom. The highest BCUT2D eigenvalue weighted by Gasteiger charge is 2.29. The molecular formula is C44H46N4O6. The molecule has 0 amide bonds. The largest absolute Gasteiger partial charge is 0.507 e. The highest BCUT2D eigenvalue weighted by Crippen LogP contribution is 2.54. The molecule has 6 rings (SSSR count). The molecule has 0 aromatic heterocycles. The Bertz CT molecular complexity index is 2340. The highest BCUT2D eigenvalue weighted by molar-refractivity contribution is 6.15. The minimum absolute atomic E-state index is 0.0735. The molecule has 0 spiro atoms. The number of fused-ring (bicyclic) bond motifs is 2. The average molecular weight is 727 g/mol. The molecule has 0 atom stereocenters. The van der Waals surface area contributed by atoms with E-state index in [1.54, 1.807) is 13.8 Å². The van der Waals surface area contributed by atoms with Gasteiger partial charge in [-0.15, -0.1) is 0 Å². The Morgan fingerprint density at radius 3 is 1.17 bits per heavy atom. The van der Waals surface area contributed by atoms with E-state index in [9.17, 15) is 30.6 Å². The Labute approximate surface area is 314 Å². The van der Waals surface area contributed by atoms with Crippen molar-refractivity contribution in [2.24, 2.45) is 10.2 Å². The number of nitrogens with one attached hydrogen (secondary N) is 2. The summed E-state index contributed by atoms with van der Waals surface area (Å²) < 4.78 is 0. The summed E-state index contributed by atoms with van der Waals surface area (Å²) in [7, 11) is 0. The summed E-state index contributed by atoms with van der Waals surface area (Å²) in [5, 5.41) is 80.4. The molecule has 0 aliphatic rings. The molecule has 6 aromatic carbocycles. The summed E-state index contributed by atoms with van der Waals surface area (Å²) in [6.45, 7) is 15.0. The van der Waals surface area contributed by atoms with Crippen LogP contribution in [0.1, 0.15) is 84.0 Å². The minimum Gasteiger partial charge on any atom is -0.507 e. The standard InChI is InChI=1S/C44H46N4O6/c1-21(2)33-27-17-25(7)35(41(51)37(27)29(39(49)43(33)53)19-45-47-31-15-11-9-13-23(31)5)36-26(8)18-28-34(22(3)4)44(54)40(50)30(38(28)42(36)52)20-46-48-32-16-12-10-14-24(32)6/h9-22,47-54H,1-8H3/b45-19-,46-20-. The number of nitrogens with zero attached hydrogens (tertiary/aromatic N) is 2.